The molecular weight excluding hydrogens is 272 g/mol. The van der Waals surface area contributed by atoms with Crippen LogP contribution in [0.5, 0.6) is 5.88 Å². The van der Waals surface area contributed by atoms with Crippen molar-refractivity contribution in [2.45, 2.75) is 13.0 Å². The van der Waals surface area contributed by atoms with E-state index in [1.807, 2.05) is 18.2 Å². The number of nitrogens with one attached hydrogen (secondary N) is 1. The number of aromatic nitrogens is 1. The number of hydrogen-bond acceptors (Lipinski definition) is 3. The van der Waals surface area contributed by atoms with Gasteiger partial charge in [-0.1, -0.05) is 48.5 Å². The van der Waals surface area contributed by atoms with Gasteiger partial charge in [0, 0.05) is 18.8 Å². The average Bonchev–Trinajstić information content (AvgIpc) is 2.59. The maximum absolute atomic E-state index is 5.58. The number of pyridine rings is 1. The van der Waals surface area contributed by atoms with Crippen molar-refractivity contribution in [3.05, 3.63) is 72.4 Å². The lowest BCUT2D eigenvalue weighted by atomic mass is 10.0. The molecule has 0 aliphatic rings. The highest BCUT2D eigenvalue weighted by Crippen LogP contribution is 2.18. The van der Waals surface area contributed by atoms with Crippen LogP contribution in [0.1, 0.15) is 12.0 Å². The maximum Gasteiger partial charge on any atom is 0.213 e. The van der Waals surface area contributed by atoms with Crippen molar-refractivity contribution in [2.75, 3.05) is 13.2 Å². The molecule has 0 unspecified atom stereocenters. The van der Waals surface area contributed by atoms with E-state index in [-0.39, 0.29) is 0 Å². The van der Waals surface area contributed by atoms with E-state index in [1.54, 1.807) is 6.20 Å². The second-order valence-corrected chi connectivity index (χ2v) is 5.19. The van der Waals surface area contributed by atoms with Gasteiger partial charge in [-0.25, -0.2) is 4.98 Å². The Hall–Kier alpha value is -2.39. The molecular formula is C19H20N2O. The predicted octanol–water partition coefficient (Wildman–Crippen LogP) is 3.79. The molecule has 0 radical (unpaired) electrons. The van der Waals surface area contributed by atoms with Gasteiger partial charge < -0.3 is 10.1 Å². The fourth-order valence-corrected chi connectivity index (χ4v) is 2.48. The minimum Gasteiger partial charge on any atom is -0.478 e. The van der Waals surface area contributed by atoms with E-state index < -0.39 is 0 Å². The first kappa shape index (κ1) is 14.5. The molecule has 1 heterocycles. The molecule has 0 saturated heterocycles. The summed E-state index contributed by atoms with van der Waals surface area (Å²) in [5, 5.41) is 6.09. The van der Waals surface area contributed by atoms with Crippen LogP contribution in [0.3, 0.4) is 0 Å². The van der Waals surface area contributed by atoms with E-state index in [4.69, 9.17) is 4.74 Å². The number of rotatable bonds is 7. The van der Waals surface area contributed by atoms with Crippen LogP contribution in [0.4, 0.5) is 0 Å². The van der Waals surface area contributed by atoms with Crippen LogP contribution in [0, 0.1) is 0 Å². The molecule has 112 valence electrons. The summed E-state index contributed by atoms with van der Waals surface area (Å²) >= 11 is 0. The minimum absolute atomic E-state index is 0.680. The van der Waals surface area contributed by atoms with Gasteiger partial charge in [0.25, 0.3) is 0 Å². The maximum atomic E-state index is 5.58. The predicted molar refractivity (Wildman–Crippen MR) is 90.0 cm³/mol. The highest BCUT2D eigenvalue weighted by molar-refractivity contribution is 5.85. The second-order valence-electron chi connectivity index (χ2n) is 5.19. The molecule has 0 atom stereocenters. The van der Waals surface area contributed by atoms with E-state index in [1.165, 1.54) is 16.3 Å². The Morgan fingerprint density at radius 3 is 2.68 bits per heavy atom. The molecule has 0 amide bonds. The van der Waals surface area contributed by atoms with Crippen LogP contribution in [-0.2, 0) is 6.54 Å². The van der Waals surface area contributed by atoms with Crippen molar-refractivity contribution in [3.8, 4) is 5.88 Å². The summed E-state index contributed by atoms with van der Waals surface area (Å²) in [6.07, 6.45) is 2.70. The molecule has 3 nitrogen and oxygen atoms in total. The summed E-state index contributed by atoms with van der Waals surface area (Å²) in [6.45, 7) is 2.49. The molecule has 0 bridgehead atoms. The highest BCUT2D eigenvalue weighted by atomic mass is 16.5. The second kappa shape index (κ2) is 7.57. The smallest absolute Gasteiger partial charge is 0.213 e. The van der Waals surface area contributed by atoms with Gasteiger partial charge in [0.1, 0.15) is 0 Å². The first-order valence-corrected chi connectivity index (χ1v) is 7.65. The molecule has 0 saturated carbocycles. The van der Waals surface area contributed by atoms with Gasteiger partial charge in [0.2, 0.25) is 5.88 Å². The van der Waals surface area contributed by atoms with Crippen LogP contribution < -0.4 is 10.1 Å². The van der Waals surface area contributed by atoms with Gasteiger partial charge in [0.15, 0.2) is 0 Å². The first-order chi connectivity index (χ1) is 10.9. The lowest BCUT2D eigenvalue weighted by molar-refractivity contribution is 0.296. The zero-order chi connectivity index (χ0) is 15.0. The molecule has 3 heteroatoms. The number of ether oxygens (including phenoxy) is 1. The van der Waals surface area contributed by atoms with Gasteiger partial charge >= 0.3 is 0 Å². The average molecular weight is 292 g/mol. The normalized spacial score (nSPS) is 10.7. The van der Waals surface area contributed by atoms with Crippen LogP contribution >= 0.6 is 0 Å². The van der Waals surface area contributed by atoms with E-state index in [2.05, 4.69) is 52.8 Å². The van der Waals surface area contributed by atoms with Gasteiger partial charge in [-0.2, -0.15) is 0 Å². The van der Waals surface area contributed by atoms with E-state index in [0.29, 0.717) is 12.5 Å². The van der Waals surface area contributed by atoms with Gasteiger partial charge in [-0.15, -0.1) is 0 Å². The van der Waals surface area contributed by atoms with E-state index in [0.717, 1.165) is 19.5 Å². The molecule has 2 aromatic carbocycles. The molecule has 1 N–H and O–H groups in total. The van der Waals surface area contributed by atoms with Gasteiger partial charge in [0.05, 0.1) is 6.61 Å². The van der Waals surface area contributed by atoms with Crippen molar-refractivity contribution in [2.24, 2.45) is 0 Å². The van der Waals surface area contributed by atoms with Gasteiger partial charge in [-0.3, -0.25) is 0 Å². The quantitative estimate of drug-likeness (QED) is 0.673. The molecule has 0 fully saturated rings. The Kier molecular flexibility index (Phi) is 5.00. The monoisotopic (exact) mass is 292 g/mol. The summed E-state index contributed by atoms with van der Waals surface area (Å²) in [5.74, 6) is 0.691. The van der Waals surface area contributed by atoms with Crippen molar-refractivity contribution < 1.29 is 4.74 Å². The van der Waals surface area contributed by atoms with Crippen molar-refractivity contribution in [1.82, 2.24) is 10.3 Å². The SMILES string of the molecule is c1ccc(OCCCNCc2cccc3ccccc23)nc1. The topological polar surface area (TPSA) is 34.1 Å². The van der Waals surface area contributed by atoms with Crippen molar-refractivity contribution >= 4 is 10.8 Å². The van der Waals surface area contributed by atoms with Crippen LogP contribution in [0.15, 0.2) is 66.9 Å². The Morgan fingerprint density at radius 1 is 0.909 bits per heavy atom. The third-order valence-electron chi connectivity index (χ3n) is 3.58. The van der Waals surface area contributed by atoms with Crippen LogP contribution in [0.2, 0.25) is 0 Å². The van der Waals surface area contributed by atoms with E-state index in [9.17, 15) is 0 Å². The Morgan fingerprint density at radius 2 is 1.77 bits per heavy atom. The fourth-order valence-electron chi connectivity index (χ4n) is 2.48. The summed E-state index contributed by atoms with van der Waals surface area (Å²) in [6, 6.07) is 20.6. The summed E-state index contributed by atoms with van der Waals surface area (Å²) in [7, 11) is 0. The number of hydrogen-bond donors (Lipinski definition) is 1. The number of fused-ring (bicyclic) bond motifs is 1. The minimum atomic E-state index is 0.680. The molecule has 0 aliphatic heterocycles. The third kappa shape index (κ3) is 3.83. The lowest BCUT2D eigenvalue weighted by Crippen LogP contribution is -2.17. The largest absolute Gasteiger partial charge is 0.478 e. The lowest BCUT2D eigenvalue weighted by Gasteiger charge is -2.09. The molecule has 0 aliphatic carbocycles. The van der Waals surface area contributed by atoms with Crippen molar-refractivity contribution in [1.29, 1.82) is 0 Å². The zero-order valence-electron chi connectivity index (χ0n) is 12.5. The zero-order valence-corrected chi connectivity index (χ0v) is 12.5. The fraction of sp³-hybridized carbons (Fsp3) is 0.211. The summed E-state index contributed by atoms with van der Waals surface area (Å²) < 4.78 is 5.58. The first-order valence-electron chi connectivity index (χ1n) is 7.65. The third-order valence-corrected chi connectivity index (χ3v) is 3.58. The van der Waals surface area contributed by atoms with Crippen LogP contribution in [0.25, 0.3) is 10.8 Å². The number of nitrogens with zero attached hydrogens (tertiary/aromatic N) is 1. The molecule has 3 rings (SSSR count). The van der Waals surface area contributed by atoms with Crippen molar-refractivity contribution in [3.63, 3.8) is 0 Å². The van der Waals surface area contributed by atoms with E-state index >= 15 is 0 Å². The molecule has 3 aromatic rings. The highest BCUT2D eigenvalue weighted by Gasteiger charge is 1.99. The molecule has 22 heavy (non-hydrogen) atoms. The van der Waals surface area contributed by atoms with Crippen LogP contribution in [-0.4, -0.2) is 18.1 Å². The summed E-state index contributed by atoms with van der Waals surface area (Å²) in [4.78, 5) is 4.14. The summed E-state index contributed by atoms with van der Waals surface area (Å²) in [5.41, 5.74) is 1.34. The Balaban J connectivity index is 1.43. The Labute approximate surface area is 131 Å². The molecule has 0 spiro atoms. The number of benzene rings is 2. The molecule has 1 aromatic heterocycles. The van der Waals surface area contributed by atoms with Gasteiger partial charge in [-0.05, 0) is 35.4 Å². The standard InChI is InChI=1S/C19H20N2O/c1-2-10-18-16(7-1)8-5-9-17(18)15-20-12-6-14-22-19-11-3-4-13-21-19/h1-5,7-11,13,20H,6,12,14-15H2. The Bertz CT molecular complexity index is 707.